The summed E-state index contributed by atoms with van der Waals surface area (Å²) >= 11 is 0. The third kappa shape index (κ3) is 3.67. The van der Waals surface area contributed by atoms with Crippen LogP contribution >= 0.6 is 0 Å². The van der Waals surface area contributed by atoms with Crippen molar-refractivity contribution in [3.8, 4) is 0 Å². The van der Waals surface area contributed by atoms with E-state index in [1.165, 1.54) is 25.2 Å². The molecule has 0 saturated carbocycles. The number of ether oxygens (including phenoxy) is 1. The maximum absolute atomic E-state index is 12.1. The van der Waals surface area contributed by atoms with Crippen LogP contribution in [0.3, 0.4) is 0 Å². The number of imide groups is 1. The van der Waals surface area contributed by atoms with Gasteiger partial charge in [-0.25, -0.2) is 0 Å². The molecule has 30 heavy (non-hydrogen) atoms. The molecule has 3 aromatic rings. The lowest BCUT2D eigenvalue weighted by molar-refractivity contribution is -0.147. The van der Waals surface area contributed by atoms with E-state index in [1.807, 2.05) is 30.5 Å². The maximum atomic E-state index is 12.1. The van der Waals surface area contributed by atoms with E-state index in [0.29, 0.717) is 17.7 Å². The summed E-state index contributed by atoms with van der Waals surface area (Å²) in [5.41, 5.74) is 2.89. The molecule has 3 amide bonds. The van der Waals surface area contributed by atoms with Crippen molar-refractivity contribution in [1.82, 2.24) is 9.88 Å². The first-order chi connectivity index (χ1) is 14.4. The highest BCUT2D eigenvalue weighted by Crippen LogP contribution is 2.24. The lowest BCUT2D eigenvalue weighted by Crippen LogP contribution is -2.24. The zero-order chi connectivity index (χ0) is 21.3. The number of aryl methyl sites for hydroxylation is 1. The minimum absolute atomic E-state index is 0.150. The summed E-state index contributed by atoms with van der Waals surface area (Å²) in [7, 11) is 1.40. The summed E-state index contributed by atoms with van der Waals surface area (Å²) in [5.74, 6) is -1.81. The van der Waals surface area contributed by atoms with Gasteiger partial charge in [-0.1, -0.05) is 18.2 Å². The molecule has 152 valence electrons. The van der Waals surface area contributed by atoms with Crippen LogP contribution < -0.4 is 5.32 Å². The molecule has 4 rings (SSSR count). The average Bonchev–Trinajstić information content (AvgIpc) is 3.26. The van der Waals surface area contributed by atoms with Gasteiger partial charge in [-0.3, -0.25) is 24.1 Å². The van der Waals surface area contributed by atoms with Crippen LogP contribution in [0.25, 0.3) is 10.9 Å². The first kappa shape index (κ1) is 19.4. The molecule has 2 N–H and O–H groups in total. The first-order valence-corrected chi connectivity index (χ1v) is 9.41. The SMILES string of the molecule is CN1C(=O)c2ccc(NC(=O)COC(=O)CCc3c[nH]c4ccccc34)cc2C1=O. The fourth-order valence-corrected chi connectivity index (χ4v) is 3.43. The molecular formula is C22H19N3O5. The summed E-state index contributed by atoms with van der Waals surface area (Å²) in [6.07, 6.45) is 2.51. The second-order valence-electron chi connectivity index (χ2n) is 7.00. The molecule has 0 saturated heterocycles. The molecule has 0 bridgehead atoms. The molecule has 0 radical (unpaired) electrons. The molecule has 0 fully saturated rings. The number of anilines is 1. The van der Waals surface area contributed by atoms with Gasteiger partial charge in [0, 0.05) is 36.3 Å². The number of para-hydroxylation sites is 1. The van der Waals surface area contributed by atoms with E-state index < -0.39 is 24.4 Å². The van der Waals surface area contributed by atoms with Crippen LogP contribution in [0.1, 0.15) is 32.7 Å². The van der Waals surface area contributed by atoms with Crippen molar-refractivity contribution in [2.24, 2.45) is 0 Å². The zero-order valence-corrected chi connectivity index (χ0v) is 16.2. The molecule has 0 aliphatic carbocycles. The van der Waals surface area contributed by atoms with Crippen molar-refractivity contribution in [2.75, 3.05) is 19.0 Å². The molecular weight excluding hydrogens is 386 g/mol. The van der Waals surface area contributed by atoms with Crippen LogP contribution in [0.4, 0.5) is 5.69 Å². The number of aromatic nitrogens is 1. The van der Waals surface area contributed by atoms with E-state index in [9.17, 15) is 19.2 Å². The van der Waals surface area contributed by atoms with Gasteiger partial charge in [-0.15, -0.1) is 0 Å². The monoisotopic (exact) mass is 405 g/mol. The number of hydrogen-bond donors (Lipinski definition) is 2. The number of benzene rings is 2. The van der Waals surface area contributed by atoms with Crippen LogP contribution in [0.15, 0.2) is 48.7 Å². The van der Waals surface area contributed by atoms with E-state index in [-0.39, 0.29) is 17.9 Å². The third-order valence-electron chi connectivity index (χ3n) is 5.01. The van der Waals surface area contributed by atoms with Gasteiger partial charge in [0.25, 0.3) is 17.7 Å². The number of H-pyrrole nitrogens is 1. The summed E-state index contributed by atoms with van der Waals surface area (Å²) < 4.78 is 5.04. The summed E-state index contributed by atoms with van der Waals surface area (Å²) in [6, 6.07) is 12.3. The Bertz CT molecular complexity index is 1180. The van der Waals surface area contributed by atoms with Gasteiger partial charge in [0.05, 0.1) is 11.1 Å². The Morgan fingerprint density at radius 1 is 1.07 bits per heavy atom. The van der Waals surface area contributed by atoms with Gasteiger partial charge in [-0.2, -0.15) is 0 Å². The molecule has 2 aromatic carbocycles. The van der Waals surface area contributed by atoms with Crippen LogP contribution in [0.2, 0.25) is 0 Å². The number of carbonyl (C=O) groups is 4. The Balaban J connectivity index is 1.28. The van der Waals surface area contributed by atoms with Crippen LogP contribution in [0.5, 0.6) is 0 Å². The number of nitrogens with zero attached hydrogens (tertiary/aromatic N) is 1. The highest BCUT2D eigenvalue weighted by molar-refractivity contribution is 6.21. The maximum Gasteiger partial charge on any atom is 0.306 e. The molecule has 1 aliphatic heterocycles. The van der Waals surface area contributed by atoms with Gasteiger partial charge in [0.1, 0.15) is 0 Å². The van der Waals surface area contributed by atoms with Crippen LogP contribution in [-0.2, 0) is 20.7 Å². The van der Waals surface area contributed by atoms with Crippen molar-refractivity contribution in [2.45, 2.75) is 12.8 Å². The predicted molar refractivity (Wildman–Crippen MR) is 109 cm³/mol. The van der Waals surface area contributed by atoms with Crippen molar-refractivity contribution < 1.29 is 23.9 Å². The second-order valence-corrected chi connectivity index (χ2v) is 7.00. The number of esters is 1. The Morgan fingerprint density at radius 3 is 2.67 bits per heavy atom. The van der Waals surface area contributed by atoms with Gasteiger partial charge >= 0.3 is 5.97 Å². The lowest BCUT2D eigenvalue weighted by Gasteiger charge is -2.07. The number of aromatic amines is 1. The molecule has 1 aromatic heterocycles. The molecule has 0 unspecified atom stereocenters. The van der Waals surface area contributed by atoms with Crippen molar-refractivity contribution in [1.29, 1.82) is 0 Å². The highest BCUT2D eigenvalue weighted by Gasteiger charge is 2.32. The number of carbonyl (C=O) groups excluding carboxylic acids is 4. The molecule has 2 heterocycles. The second kappa shape index (κ2) is 7.82. The van der Waals surface area contributed by atoms with E-state index in [4.69, 9.17) is 4.74 Å². The molecule has 0 spiro atoms. The number of rotatable bonds is 6. The van der Waals surface area contributed by atoms with Crippen molar-refractivity contribution in [3.05, 3.63) is 65.4 Å². The topological polar surface area (TPSA) is 109 Å². The fourth-order valence-electron chi connectivity index (χ4n) is 3.43. The van der Waals surface area contributed by atoms with E-state index in [1.54, 1.807) is 0 Å². The first-order valence-electron chi connectivity index (χ1n) is 9.41. The smallest absolute Gasteiger partial charge is 0.306 e. The molecule has 0 atom stereocenters. The fraction of sp³-hybridized carbons (Fsp3) is 0.182. The quantitative estimate of drug-likeness (QED) is 0.484. The largest absolute Gasteiger partial charge is 0.456 e. The Kier molecular flexibility index (Phi) is 5.05. The van der Waals surface area contributed by atoms with Crippen molar-refractivity contribution >= 4 is 40.3 Å². The summed E-state index contributed by atoms with van der Waals surface area (Å²) in [4.78, 5) is 52.2. The number of amides is 3. The normalized spacial score (nSPS) is 12.9. The van der Waals surface area contributed by atoms with E-state index >= 15 is 0 Å². The van der Waals surface area contributed by atoms with Gasteiger partial charge in [0.15, 0.2) is 6.61 Å². The Hall–Kier alpha value is -3.94. The minimum atomic E-state index is -0.527. The minimum Gasteiger partial charge on any atom is -0.456 e. The predicted octanol–water partition coefficient (Wildman–Crippen LogP) is 2.51. The van der Waals surface area contributed by atoms with E-state index in [0.717, 1.165) is 21.4 Å². The molecule has 8 nitrogen and oxygen atoms in total. The van der Waals surface area contributed by atoms with Crippen LogP contribution in [0, 0.1) is 0 Å². The number of fused-ring (bicyclic) bond motifs is 2. The summed E-state index contributed by atoms with van der Waals surface area (Å²) in [6.45, 7) is -0.434. The van der Waals surface area contributed by atoms with Crippen LogP contribution in [-0.4, -0.2) is 47.2 Å². The zero-order valence-electron chi connectivity index (χ0n) is 16.2. The van der Waals surface area contributed by atoms with Crippen molar-refractivity contribution in [3.63, 3.8) is 0 Å². The number of hydrogen-bond acceptors (Lipinski definition) is 5. The van der Waals surface area contributed by atoms with Gasteiger partial charge in [0.2, 0.25) is 0 Å². The molecule has 8 heteroatoms. The van der Waals surface area contributed by atoms with E-state index in [2.05, 4.69) is 10.3 Å². The lowest BCUT2D eigenvalue weighted by atomic mass is 10.1. The Labute approximate surface area is 171 Å². The van der Waals surface area contributed by atoms with Gasteiger partial charge in [-0.05, 0) is 36.2 Å². The third-order valence-corrected chi connectivity index (χ3v) is 5.01. The standard InChI is InChI=1S/C22H19N3O5/c1-25-21(28)16-8-7-14(10-17(16)22(25)29)24-19(26)12-30-20(27)9-6-13-11-23-18-5-3-2-4-15(13)18/h2-5,7-8,10-11,23H,6,9,12H2,1H3,(H,24,26). The Morgan fingerprint density at radius 2 is 1.83 bits per heavy atom. The number of nitrogens with one attached hydrogen (secondary N) is 2. The summed E-state index contributed by atoms with van der Waals surface area (Å²) in [5, 5.41) is 3.62. The highest BCUT2D eigenvalue weighted by atomic mass is 16.5. The van der Waals surface area contributed by atoms with Gasteiger partial charge < -0.3 is 15.0 Å². The average molecular weight is 405 g/mol. The molecule has 1 aliphatic rings.